The molecular formula is C31H57N2O6PS. The first kappa shape index (κ1) is 36.2. The number of rotatable bonds is 26. The highest BCUT2D eigenvalue weighted by Gasteiger charge is 2.37. The predicted octanol–water partition coefficient (Wildman–Crippen LogP) is 8.15. The molecule has 2 rings (SSSR count). The minimum absolute atomic E-state index is 0.0225. The van der Waals surface area contributed by atoms with E-state index < -0.39 is 19.3 Å². The van der Waals surface area contributed by atoms with E-state index >= 15 is 0 Å². The van der Waals surface area contributed by atoms with Gasteiger partial charge in [-0.1, -0.05) is 127 Å². The fourth-order valence-electron chi connectivity index (χ4n) is 5.50. The molecule has 1 saturated carbocycles. The first-order valence-electron chi connectivity index (χ1n) is 16.4. The van der Waals surface area contributed by atoms with Gasteiger partial charge in [-0.05, 0) is 19.3 Å². The molecule has 1 aliphatic rings. The van der Waals surface area contributed by atoms with Crippen molar-refractivity contribution in [3.8, 4) is 0 Å². The summed E-state index contributed by atoms with van der Waals surface area (Å²) in [5.41, 5.74) is -0.476. The highest BCUT2D eigenvalue weighted by molar-refractivity contribution is 7.45. The third-order valence-electron chi connectivity index (χ3n) is 8.10. The van der Waals surface area contributed by atoms with Crippen LogP contribution in [0.5, 0.6) is 0 Å². The average molecular weight is 617 g/mol. The Kier molecular flexibility index (Phi) is 19.9. The molecule has 0 radical (unpaired) electrons. The van der Waals surface area contributed by atoms with E-state index in [4.69, 9.17) is 13.8 Å². The van der Waals surface area contributed by atoms with Gasteiger partial charge in [0.25, 0.3) is 7.82 Å². The van der Waals surface area contributed by atoms with Gasteiger partial charge in [-0.3, -0.25) is 4.57 Å². The molecule has 8 nitrogen and oxygen atoms in total. The Morgan fingerprint density at radius 2 is 1.46 bits per heavy atom. The summed E-state index contributed by atoms with van der Waals surface area (Å²) in [6.45, 7) is 3.04. The van der Waals surface area contributed by atoms with Gasteiger partial charge in [-0.15, -0.1) is 0 Å². The molecule has 1 unspecified atom stereocenters. The van der Waals surface area contributed by atoms with Crippen LogP contribution in [0.15, 0.2) is 11.6 Å². The van der Waals surface area contributed by atoms with Gasteiger partial charge in [0.05, 0.1) is 25.0 Å². The van der Waals surface area contributed by atoms with Crippen LogP contribution in [0.25, 0.3) is 0 Å². The summed E-state index contributed by atoms with van der Waals surface area (Å²) in [5, 5.41) is 5.68. The maximum atomic E-state index is 12.2. The van der Waals surface area contributed by atoms with Gasteiger partial charge in [-0.25, -0.2) is 9.78 Å². The van der Waals surface area contributed by atoms with Crippen LogP contribution in [0.1, 0.15) is 140 Å². The van der Waals surface area contributed by atoms with Crippen LogP contribution in [0.4, 0.5) is 4.79 Å². The van der Waals surface area contributed by atoms with Crippen molar-refractivity contribution in [2.75, 3.05) is 26.4 Å². The number of hydrogen-bond donors (Lipinski definition) is 1. The number of aromatic amines is 1. The van der Waals surface area contributed by atoms with Crippen LogP contribution in [0.3, 0.4) is 0 Å². The third kappa shape index (κ3) is 18.3. The number of H-pyrrole nitrogens is 1. The van der Waals surface area contributed by atoms with Crippen LogP contribution >= 0.6 is 19.2 Å². The van der Waals surface area contributed by atoms with Gasteiger partial charge in [0.2, 0.25) is 5.01 Å². The van der Waals surface area contributed by atoms with Gasteiger partial charge in [-0.2, -0.15) is 0 Å². The van der Waals surface area contributed by atoms with Crippen molar-refractivity contribution in [1.82, 2.24) is 5.32 Å². The Morgan fingerprint density at radius 3 is 2.00 bits per heavy atom. The highest BCUT2D eigenvalue weighted by atomic mass is 32.1. The number of ether oxygens (including phenoxy) is 1. The number of unbranched alkanes of at least 4 members (excludes halogenated alkanes) is 15. The zero-order chi connectivity index (χ0) is 29.5. The van der Waals surface area contributed by atoms with E-state index in [0.29, 0.717) is 13.0 Å². The number of hydrogen-bond acceptors (Lipinski definition) is 7. The molecule has 41 heavy (non-hydrogen) atoms. The van der Waals surface area contributed by atoms with Crippen molar-refractivity contribution < 1.29 is 33.0 Å². The molecule has 1 atom stereocenters. The second kappa shape index (κ2) is 22.5. The van der Waals surface area contributed by atoms with Crippen molar-refractivity contribution in [2.24, 2.45) is 5.41 Å². The number of nitrogens with one attached hydrogen (secondary N) is 2. The van der Waals surface area contributed by atoms with E-state index in [-0.39, 0.29) is 19.8 Å². The van der Waals surface area contributed by atoms with Gasteiger partial charge in [0, 0.05) is 12.0 Å². The summed E-state index contributed by atoms with van der Waals surface area (Å²) < 4.78 is 28.0. The normalized spacial score (nSPS) is 16.0. The molecule has 1 aromatic heterocycles. The molecule has 1 aromatic rings. The highest BCUT2D eigenvalue weighted by Crippen LogP contribution is 2.45. The smallest absolute Gasteiger partial charge is 0.407 e. The average Bonchev–Trinajstić information content (AvgIpc) is 3.66. The number of amides is 1. The van der Waals surface area contributed by atoms with E-state index in [9.17, 15) is 14.3 Å². The zero-order valence-corrected chi connectivity index (χ0v) is 27.3. The van der Waals surface area contributed by atoms with Crippen molar-refractivity contribution in [3.05, 3.63) is 16.6 Å². The molecule has 0 spiro atoms. The molecule has 0 aromatic carbocycles. The third-order valence-corrected chi connectivity index (χ3v) is 9.93. The summed E-state index contributed by atoms with van der Waals surface area (Å²) in [6, 6.07) is 0. The van der Waals surface area contributed by atoms with E-state index in [1.807, 2.05) is 5.38 Å². The second-order valence-corrected chi connectivity index (χ2v) is 14.2. The van der Waals surface area contributed by atoms with Gasteiger partial charge in [0.15, 0.2) is 6.20 Å². The quantitative estimate of drug-likeness (QED) is 0.0830. The SMILES string of the molecule is CCCCCCCCCCCCCCCCCCNC(=O)OCC1(COP(=O)([O-])OCCc2[nH+]ccs2)CCCC1. The van der Waals surface area contributed by atoms with Crippen molar-refractivity contribution in [1.29, 1.82) is 0 Å². The second-order valence-electron chi connectivity index (χ2n) is 11.8. The lowest BCUT2D eigenvalue weighted by Gasteiger charge is -2.31. The van der Waals surface area contributed by atoms with E-state index in [1.54, 1.807) is 6.20 Å². The fourth-order valence-corrected chi connectivity index (χ4v) is 6.96. The van der Waals surface area contributed by atoms with Crippen LogP contribution in [-0.4, -0.2) is 32.5 Å². The van der Waals surface area contributed by atoms with Crippen LogP contribution in [-0.2, 0) is 24.8 Å². The maximum Gasteiger partial charge on any atom is 0.407 e. The minimum atomic E-state index is -4.42. The molecule has 1 amide bonds. The number of phosphoric acid groups is 1. The molecule has 238 valence electrons. The summed E-state index contributed by atoms with van der Waals surface area (Å²) in [6.07, 6.45) is 26.4. The Morgan fingerprint density at radius 1 is 0.902 bits per heavy atom. The van der Waals surface area contributed by atoms with Gasteiger partial charge in [0.1, 0.15) is 6.61 Å². The Labute approximate surface area is 253 Å². The topological polar surface area (TPSA) is 111 Å². The Hall–Kier alpha value is -0.990. The van der Waals surface area contributed by atoms with Crippen LogP contribution in [0, 0.1) is 5.41 Å². The predicted molar refractivity (Wildman–Crippen MR) is 164 cm³/mol. The minimum Gasteiger partial charge on any atom is -0.756 e. The standard InChI is InChI=1S/C31H57N2O6PS/c1-2-3-4-5-6-7-8-9-10-11-12-13-14-15-16-19-23-33-30(34)37-27-31(21-17-18-22-31)28-39-40(35,36)38-25-20-29-32-24-26-41-29/h24,26H,2-23,25,27-28H2,1H3,(H,33,34)(H,35,36). The molecule has 10 heteroatoms. The van der Waals surface area contributed by atoms with Gasteiger partial charge < -0.3 is 24.0 Å². The summed E-state index contributed by atoms with van der Waals surface area (Å²) in [7, 11) is -4.42. The van der Waals surface area contributed by atoms with E-state index in [0.717, 1.165) is 43.5 Å². The molecule has 1 heterocycles. The zero-order valence-electron chi connectivity index (χ0n) is 25.6. The summed E-state index contributed by atoms with van der Waals surface area (Å²) in [4.78, 5) is 27.5. The summed E-state index contributed by atoms with van der Waals surface area (Å²) >= 11 is 1.51. The van der Waals surface area contributed by atoms with Crippen molar-refractivity contribution in [2.45, 2.75) is 142 Å². The molecule has 0 saturated heterocycles. The lowest BCUT2D eigenvalue weighted by atomic mass is 9.88. The summed E-state index contributed by atoms with van der Waals surface area (Å²) in [5.74, 6) is 0. The number of carbonyl (C=O) groups excluding carboxylic acids is 1. The van der Waals surface area contributed by atoms with E-state index in [1.165, 1.54) is 101 Å². The Bertz CT molecular complexity index is 820. The first-order chi connectivity index (χ1) is 19.9. The number of phosphoric ester groups is 1. The first-order valence-corrected chi connectivity index (χ1v) is 18.7. The lowest BCUT2D eigenvalue weighted by molar-refractivity contribution is -0.382. The van der Waals surface area contributed by atoms with Crippen molar-refractivity contribution in [3.63, 3.8) is 0 Å². The lowest BCUT2D eigenvalue weighted by Crippen LogP contribution is -2.34. The molecular weight excluding hydrogens is 559 g/mol. The number of aromatic nitrogens is 1. The number of carbonyl (C=O) groups is 1. The molecule has 2 N–H and O–H groups in total. The number of thiazole rings is 1. The largest absolute Gasteiger partial charge is 0.756 e. The molecule has 0 bridgehead atoms. The van der Waals surface area contributed by atoms with Crippen molar-refractivity contribution >= 4 is 25.3 Å². The van der Waals surface area contributed by atoms with Crippen LogP contribution in [0.2, 0.25) is 0 Å². The molecule has 0 aliphatic heterocycles. The van der Waals surface area contributed by atoms with E-state index in [2.05, 4.69) is 17.2 Å². The molecule has 1 aliphatic carbocycles. The molecule has 1 fully saturated rings. The Balaban J connectivity index is 1.43. The number of alkyl carbamates (subject to hydrolysis) is 1. The maximum absolute atomic E-state index is 12.2. The fraction of sp³-hybridized carbons (Fsp3) is 0.871. The van der Waals surface area contributed by atoms with Gasteiger partial charge >= 0.3 is 6.09 Å². The van der Waals surface area contributed by atoms with Crippen LogP contribution < -0.4 is 15.2 Å². The monoisotopic (exact) mass is 616 g/mol.